The van der Waals surface area contributed by atoms with Gasteiger partial charge >= 0.3 is 0 Å². The minimum Gasteiger partial charge on any atom is -0.310 e. The molecular weight excluding hydrogens is 575 g/mol. The molecule has 1 heterocycles. The summed E-state index contributed by atoms with van der Waals surface area (Å²) in [6.07, 6.45) is 0. The number of anilines is 3. The molecule has 0 radical (unpaired) electrons. The Hall–Kier alpha value is -5.70. The Kier molecular flexibility index (Phi) is 6.40. The van der Waals surface area contributed by atoms with Crippen molar-refractivity contribution < 1.29 is 0 Å². The maximum absolute atomic E-state index is 2.39. The van der Waals surface area contributed by atoms with Gasteiger partial charge in [0.15, 0.2) is 0 Å². The van der Waals surface area contributed by atoms with Gasteiger partial charge in [-0.15, -0.1) is 11.3 Å². The maximum atomic E-state index is 2.39. The second-order valence-corrected chi connectivity index (χ2v) is 12.9. The molecule has 0 unspecified atom stereocenters. The first-order valence-electron chi connectivity index (χ1n) is 15.7. The van der Waals surface area contributed by atoms with Gasteiger partial charge in [0.25, 0.3) is 0 Å². The zero-order chi connectivity index (χ0) is 30.5. The molecule has 8 aromatic carbocycles. The van der Waals surface area contributed by atoms with Gasteiger partial charge in [-0.1, -0.05) is 121 Å². The van der Waals surface area contributed by atoms with E-state index in [4.69, 9.17) is 0 Å². The minimum atomic E-state index is 1.13. The second kappa shape index (κ2) is 11.0. The number of benzene rings is 8. The van der Waals surface area contributed by atoms with Crippen LogP contribution in [0.1, 0.15) is 0 Å². The van der Waals surface area contributed by atoms with Crippen molar-refractivity contribution in [2.75, 3.05) is 4.90 Å². The topological polar surface area (TPSA) is 3.24 Å². The zero-order valence-electron chi connectivity index (χ0n) is 25.1. The molecule has 9 rings (SSSR count). The summed E-state index contributed by atoms with van der Waals surface area (Å²) in [6, 6.07) is 64.0. The quantitative estimate of drug-likeness (QED) is 0.189. The first kappa shape index (κ1) is 26.7. The Balaban J connectivity index is 1.19. The SMILES string of the molecule is c1ccc(-c2ccc(N(c3cccc(-c4ccc5ccccc5c4)c3)c3ccc4c(c3)sc3cc5ccccc5cc34)cc2)cc1. The molecule has 1 aromatic heterocycles. The van der Waals surface area contributed by atoms with Gasteiger partial charge in [0.2, 0.25) is 0 Å². The Morgan fingerprint density at radius 1 is 0.304 bits per heavy atom. The molecule has 0 aliphatic rings. The predicted molar refractivity (Wildman–Crippen MR) is 200 cm³/mol. The van der Waals surface area contributed by atoms with Gasteiger partial charge in [0, 0.05) is 37.2 Å². The van der Waals surface area contributed by atoms with Crippen LogP contribution in [0.3, 0.4) is 0 Å². The van der Waals surface area contributed by atoms with Gasteiger partial charge < -0.3 is 4.90 Å². The standard InChI is InChI=1S/C44H29NS/c1-2-9-30(10-3-1)32-19-21-38(22-20-32)45(39-16-8-15-34(26-39)37-18-17-31-11-4-5-12-33(31)25-37)40-23-24-41-42-27-35-13-6-7-14-36(35)28-43(42)46-44(41)29-40/h1-29H. The molecule has 0 saturated heterocycles. The van der Waals surface area contributed by atoms with E-state index in [0.29, 0.717) is 0 Å². The summed E-state index contributed by atoms with van der Waals surface area (Å²) in [5.74, 6) is 0. The lowest BCUT2D eigenvalue weighted by atomic mass is 10.00. The van der Waals surface area contributed by atoms with E-state index >= 15 is 0 Å². The smallest absolute Gasteiger partial charge is 0.0476 e. The molecular formula is C44H29NS. The van der Waals surface area contributed by atoms with Gasteiger partial charge in [-0.2, -0.15) is 0 Å². The molecule has 1 nitrogen and oxygen atoms in total. The molecule has 0 fully saturated rings. The summed E-state index contributed by atoms with van der Waals surface area (Å²) < 4.78 is 2.61. The lowest BCUT2D eigenvalue weighted by Crippen LogP contribution is -2.09. The predicted octanol–water partition coefficient (Wildman–Crippen LogP) is 13.2. The maximum Gasteiger partial charge on any atom is 0.0476 e. The highest BCUT2D eigenvalue weighted by atomic mass is 32.1. The van der Waals surface area contributed by atoms with E-state index in [1.807, 2.05) is 11.3 Å². The molecule has 2 heteroatoms. The average molecular weight is 604 g/mol. The largest absolute Gasteiger partial charge is 0.310 e. The van der Waals surface area contributed by atoms with E-state index in [-0.39, 0.29) is 0 Å². The summed E-state index contributed by atoms with van der Waals surface area (Å²) in [6.45, 7) is 0. The second-order valence-electron chi connectivity index (χ2n) is 11.8. The average Bonchev–Trinajstić information content (AvgIpc) is 3.48. The van der Waals surface area contributed by atoms with Crippen molar-refractivity contribution in [1.29, 1.82) is 0 Å². The number of thiophene rings is 1. The van der Waals surface area contributed by atoms with Crippen LogP contribution in [0.2, 0.25) is 0 Å². The van der Waals surface area contributed by atoms with Crippen LogP contribution in [0.15, 0.2) is 176 Å². The first-order chi connectivity index (χ1) is 22.8. The molecule has 0 atom stereocenters. The molecule has 0 spiro atoms. The molecule has 0 aliphatic heterocycles. The fourth-order valence-corrected chi connectivity index (χ4v) is 7.83. The van der Waals surface area contributed by atoms with E-state index < -0.39 is 0 Å². The van der Waals surface area contributed by atoms with Crippen LogP contribution in [-0.4, -0.2) is 0 Å². The fourth-order valence-electron chi connectivity index (χ4n) is 6.66. The third kappa shape index (κ3) is 4.72. The van der Waals surface area contributed by atoms with Crippen molar-refractivity contribution in [1.82, 2.24) is 0 Å². The van der Waals surface area contributed by atoms with E-state index in [9.17, 15) is 0 Å². The lowest BCUT2D eigenvalue weighted by Gasteiger charge is -2.26. The number of rotatable bonds is 5. The molecule has 0 aliphatic carbocycles. The highest BCUT2D eigenvalue weighted by Crippen LogP contribution is 2.42. The summed E-state index contributed by atoms with van der Waals surface area (Å²) >= 11 is 1.87. The highest BCUT2D eigenvalue weighted by Gasteiger charge is 2.16. The molecule has 46 heavy (non-hydrogen) atoms. The van der Waals surface area contributed by atoms with Crippen LogP contribution in [0, 0.1) is 0 Å². The van der Waals surface area contributed by atoms with Gasteiger partial charge in [-0.3, -0.25) is 0 Å². The van der Waals surface area contributed by atoms with Crippen molar-refractivity contribution in [3.8, 4) is 22.3 Å². The Morgan fingerprint density at radius 3 is 1.67 bits per heavy atom. The molecule has 9 aromatic rings. The summed E-state index contributed by atoms with van der Waals surface area (Å²) in [7, 11) is 0. The van der Waals surface area contributed by atoms with E-state index in [1.165, 1.54) is 64.0 Å². The minimum absolute atomic E-state index is 1.13. The Bertz CT molecular complexity index is 2530. The van der Waals surface area contributed by atoms with Crippen molar-refractivity contribution in [2.24, 2.45) is 0 Å². The van der Waals surface area contributed by atoms with Crippen LogP contribution in [0.25, 0.3) is 64.0 Å². The van der Waals surface area contributed by atoms with Crippen LogP contribution in [0.4, 0.5) is 17.1 Å². The van der Waals surface area contributed by atoms with Crippen molar-refractivity contribution >= 4 is 70.1 Å². The third-order valence-corrected chi connectivity index (χ3v) is 10.1. The molecule has 0 saturated carbocycles. The van der Waals surface area contributed by atoms with Crippen molar-refractivity contribution in [3.63, 3.8) is 0 Å². The third-order valence-electron chi connectivity index (χ3n) is 9.00. The van der Waals surface area contributed by atoms with E-state index in [2.05, 4.69) is 181 Å². The Morgan fingerprint density at radius 2 is 0.870 bits per heavy atom. The summed E-state index contributed by atoms with van der Waals surface area (Å²) in [4.78, 5) is 2.39. The van der Waals surface area contributed by atoms with Crippen LogP contribution < -0.4 is 4.90 Å². The fraction of sp³-hybridized carbons (Fsp3) is 0. The van der Waals surface area contributed by atoms with E-state index in [1.54, 1.807) is 0 Å². The zero-order valence-corrected chi connectivity index (χ0v) is 25.9. The van der Waals surface area contributed by atoms with Crippen molar-refractivity contribution in [3.05, 3.63) is 176 Å². The number of fused-ring (bicyclic) bond motifs is 5. The molecule has 216 valence electrons. The van der Waals surface area contributed by atoms with Crippen LogP contribution in [0.5, 0.6) is 0 Å². The van der Waals surface area contributed by atoms with Gasteiger partial charge in [0.05, 0.1) is 0 Å². The number of nitrogens with zero attached hydrogens (tertiary/aromatic N) is 1. The number of hydrogen-bond acceptors (Lipinski definition) is 2. The highest BCUT2D eigenvalue weighted by molar-refractivity contribution is 7.25. The Labute approximate surface area is 272 Å². The molecule has 0 bridgehead atoms. The van der Waals surface area contributed by atoms with Gasteiger partial charge in [-0.25, -0.2) is 0 Å². The van der Waals surface area contributed by atoms with Crippen molar-refractivity contribution in [2.45, 2.75) is 0 Å². The number of hydrogen-bond donors (Lipinski definition) is 0. The van der Waals surface area contributed by atoms with Crippen LogP contribution in [-0.2, 0) is 0 Å². The summed E-state index contributed by atoms with van der Waals surface area (Å²) in [5.41, 5.74) is 8.24. The first-order valence-corrected chi connectivity index (χ1v) is 16.5. The summed E-state index contributed by atoms with van der Waals surface area (Å²) in [5, 5.41) is 7.70. The van der Waals surface area contributed by atoms with Crippen LogP contribution >= 0.6 is 11.3 Å². The monoisotopic (exact) mass is 603 g/mol. The van der Waals surface area contributed by atoms with Gasteiger partial charge in [0.1, 0.15) is 0 Å². The lowest BCUT2D eigenvalue weighted by molar-refractivity contribution is 1.29. The van der Waals surface area contributed by atoms with Gasteiger partial charge in [-0.05, 0) is 98.4 Å². The molecule has 0 amide bonds. The molecule has 0 N–H and O–H groups in total. The normalized spacial score (nSPS) is 11.5. The van der Waals surface area contributed by atoms with E-state index in [0.717, 1.165) is 17.1 Å².